The molecule has 7 nitrogen and oxygen atoms in total. The number of nitrogens with one attached hydrogen (secondary N) is 1. The number of hydrogen-bond donors (Lipinski definition) is 1. The van der Waals surface area contributed by atoms with Crippen molar-refractivity contribution in [1.82, 2.24) is 15.2 Å². The van der Waals surface area contributed by atoms with Gasteiger partial charge in [-0.15, -0.1) is 5.10 Å². The van der Waals surface area contributed by atoms with Gasteiger partial charge in [0.05, 0.1) is 17.7 Å². The molecule has 1 unspecified atom stereocenters. The molecular weight excluding hydrogens is 338 g/mol. The molecule has 1 fully saturated rings. The van der Waals surface area contributed by atoms with Crippen molar-refractivity contribution < 1.29 is 8.42 Å². The lowest BCUT2D eigenvalue weighted by Crippen LogP contribution is -2.37. The first-order valence-corrected chi connectivity index (χ1v) is 10.2. The highest BCUT2D eigenvalue weighted by atomic mass is 32.2. The van der Waals surface area contributed by atoms with E-state index in [1.807, 2.05) is 24.0 Å². The van der Waals surface area contributed by atoms with E-state index in [2.05, 4.69) is 39.6 Å². The SMILES string of the molecule is CCN(c1cnnc(NCc2cccc(C)c2)n1)C1CCS(=O)(=O)C1. The summed E-state index contributed by atoms with van der Waals surface area (Å²) in [7, 11) is -2.94. The van der Waals surface area contributed by atoms with Gasteiger partial charge in [-0.3, -0.25) is 0 Å². The number of hydrogen-bond acceptors (Lipinski definition) is 7. The van der Waals surface area contributed by atoms with E-state index in [0.29, 0.717) is 31.3 Å². The van der Waals surface area contributed by atoms with Gasteiger partial charge < -0.3 is 10.2 Å². The summed E-state index contributed by atoms with van der Waals surface area (Å²) in [6, 6.07) is 8.17. The van der Waals surface area contributed by atoms with E-state index < -0.39 is 9.84 Å². The molecule has 3 rings (SSSR count). The third kappa shape index (κ3) is 4.45. The number of nitrogens with zero attached hydrogens (tertiary/aromatic N) is 4. The second kappa shape index (κ2) is 7.35. The molecule has 1 aliphatic heterocycles. The van der Waals surface area contributed by atoms with Crippen LogP contribution in [0.5, 0.6) is 0 Å². The van der Waals surface area contributed by atoms with Crippen molar-refractivity contribution in [3.63, 3.8) is 0 Å². The second-order valence-corrected chi connectivity index (χ2v) is 8.55. The smallest absolute Gasteiger partial charge is 0.244 e. The van der Waals surface area contributed by atoms with Gasteiger partial charge in [0.15, 0.2) is 15.7 Å². The first-order valence-electron chi connectivity index (χ1n) is 8.43. The summed E-state index contributed by atoms with van der Waals surface area (Å²) in [5, 5.41) is 11.2. The second-order valence-electron chi connectivity index (χ2n) is 6.32. The van der Waals surface area contributed by atoms with Crippen LogP contribution in [0.1, 0.15) is 24.5 Å². The van der Waals surface area contributed by atoms with Crippen molar-refractivity contribution in [3.05, 3.63) is 41.6 Å². The predicted octanol–water partition coefficient (Wildman–Crippen LogP) is 1.81. The Morgan fingerprint density at radius 3 is 2.88 bits per heavy atom. The highest BCUT2D eigenvalue weighted by Gasteiger charge is 2.32. The van der Waals surface area contributed by atoms with Crippen LogP contribution in [0.15, 0.2) is 30.5 Å². The lowest BCUT2D eigenvalue weighted by atomic mass is 10.1. The van der Waals surface area contributed by atoms with Crippen LogP contribution in [0.4, 0.5) is 11.8 Å². The van der Waals surface area contributed by atoms with Gasteiger partial charge in [0.1, 0.15) is 0 Å². The summed E-state index contributed by atoms with van der Waals surface area (Å²) in [6.07, 6.45) is 2.22. The zero-order chi connectivity index (χ0) is 17.9. The molecule has 2 aromatic rings. The lowest BCUT2D eigenvalue weighted by molar-refractivity contribution is 0.599. The zero-order valence-corrected chi connectivity index (χ0v) is 15.3. The maximum absolute atomic E-state index is 11.8. The zero-order valence-electron chi connectivity index (χ0n) is 14.5. The van der Waals surface area contributed by atoms with E-state index >= 15 is 0 Å². The number of benzene rings is 1. The first kappa shape index (κ1) is 17.6. The van der Waals surface area contributed by atoms with Crippen LogP contribution in [0.25, 0.3) is 0 Å². The summed E-state index contributed by atoms with van der Waals surface area (Å²) in [5.74, 6) is 1.52. The Hall–Kier alpha value is -2.22. The highest BCUT2D eigenvalue weighted by Crippen LogP contribution is 2.22. The fraction of sp³-hybridized carbons (Fsp3) is 0.471. The summed E-state index contributed by atoms with van der Waals surface area (Å²) in [4.78, 5) is 6.52. The molecule has 8 heteroatoms. The minimum absolute atomic E-state index is 0.0451. The summed E-state index contributed by atoms with van der Waals surface area (Å²) in [6.45, 7) is 5.33. The molecule has 0 aliphatic carbocycles. The molecule has 0 bridgehead atoms. The van der Waals surface area contributed by atoms with Crippen molar-refractivity contribution >= 4 is 21.6 Å². The molecule has 0 radical (unpaired) electrons. The molecule has 1 N–H and O–H groups in total. The summed E-state index contributed by atoms with van der Waals surface area (Å²) < 4.78 is 23.5. The van der Waals surface area contributed by atoms with E-state index in [1.54, 1.807) is 6.20 Å². The Morgan fingerprint density at radius 2 is 2.20 bits per heavy atom. The molecule has 0 amide bonds. The Labute approximate surface area is 148 Å². The maximum atomic E-state index is 11.8. The molecule has 0 spiro atoms. The van der Waals surface area contributed by atoms with E-state index in [0.717, 1.165) is 5.56 Å². The van der Waals surface area contributed by atoms with Crippen molar-refractivity contribution in [2.24, 2.45) is 0 Å². The number of rotatable bonds is 6. The minimum atomic E-state index is -2.94. The molecule has 1 aliphatic rings. The van der Waals surface area contributed by atoms with Crippen LogP contribution in [-0.2, 0) is 16.4 Å². The lowest BCUT2D eigenvalue weighted by Gasteiger charge is -2.27. The average Bonchev–Trinajstić information content (AvgIpc) is 2.94. The predicted molar refractivity (Wildman–Crippen MR) is 98.4 cm³/mol. The Bertz CT molecular complexity index is 840. The summed E-state index contributed by atoms with van der Waals surface area (Å²) in [5.41, 5.74) is 2.34. The van der Waals surface area contributed by atoms with E-state index in [-0.39, 0.29) is 17.5 Å². The van der Waals surface area contributed by atoms with Gasteiger partial charge in [-0.05, 0) is 25.8 Å². The number of aryl methyl sites for hydroxylation is 1. The van der Waals surface area contributed by atoms with E-state index in [4.69, 9.17) is 0 Å². The van der Waals surface area contributed by atoms with Crippen LogP contribution in [0, 0.1) is 6.92 Å². The number of anilines is 2. The van der Waals surface area contributed by atoms with Crippen LogP contribution in [0.3, 0.4) is 0 Å². The number of sulfone groups is 1. The molecule has 0 saturated carbocycles. The third-order valence-electron chi connectivity index (χ3n) is 4.36. The van der Waals surface area contributed by atoms with Crippen LogP contribution >= 0.6 is 0 Å². The quantitative estimate of drug-likeness (QED) is 0.839. The van der Waals surface area contributed by atoms with Crippen LogP contribution in [0.2, 0.25) is 0 Å². The van der Waals surface area contributed by atoms with Crippen LogP contribution < -0.4 is 10.2 Å². The molecular formula is C17H23N5O2S. The minimum Gasteiger partial charge on any atom is -0.351 e. The maximum Gasteiger partial charge on any atom is 0.244 e. The molecule has 1 atom stereocenters. The standard InChI is InChI=1S/C17H23N5O2S/c1-3-22(15-7-8-25(23,24)12-15)16-11-19-21-17(20-16)18-10-14-6-4-5-13(2)9-14/h4-6,9,11,15H,3,7-8,10,12H2,1-2H3,(H,18,20,21). The van der Waals surface area contributed by atoms with Gasteiger partial charge >= 0.3 is 0 Å². The highest BCUT2D eigenvalue weighted by molar-refractivity contribution is 7.91. The molecule has 25 heavy (non-hydrogen) atoms. The van der Waals surface area contributed by atoms with Gasteiger partial charge in [-0.1, -0.05) is 29.8 Å². The van der Waals surface area contributed by atoms with Crippen molar-refractivity contribution in [1.29, 1.82) is 0 Å². The summed E-state index contributed by atoms with van der Waals surface area (Å²) >= 11 is 0. The van der Waals surface area contributed by atoms with Crippen LogP contribution in [-0.4, -0.2) is 47.7 Å². The monoisotopic (exact) mass is 361 g/mol. The molecule has 1 aromatic carbocycles. The normalized spacial score (nSPS) is 18.9. The Morgan fingerprint density at radius 1 is 1.36 bits per heavy atom. The van der Waals surface area contributed by atoms with Gasteiger partial charge in [0.2, 0.25) is 5.95 Å². The molecule has 1 aromatic heterocycles. The Kier molecular flexibility index (Phi) is 5.17. The molecule has 134 valence electrons. The third-order valence-corrected chi connectivity index (χ3v) is 6.11. The van der Waals surface area contributed by atoms with E-state index in [9.17, 15) is 8.42 Å². The van der Waals surface area contributed by atoms with Gasteiger partial charge in [0, 0.05) is 19.1 Å². The fourth-order valence-corrected chi connectivity index (χ4v) is 4.87. The van der Waals surface area contributed by atoms with Crippen molar-refractivity contribution in [3.8, 4) is 0 Å². The van der Waals surface area contributed by atoms with Crippen molar-refractivity contribution in [2.75, 3.05) is 28.3 Å². The molecule has 2 heterocycles. The molecule has 1 saturated heterocycles. The van der Waals surface area contributed by atoms with Gasteiger partial charge in [-0.25, -0.2) is 8.42 Å². The van der Waals surface area contributed by atoms with Gasteiger partial charge in [-0.2, -0.15) is 10.1 Å². The fourth-order valence-electron chi connectivity index (χ4n) is 3.14. The largest absolute Gasteiger partial charge is 0.351 e. The Balaban J connectivity index is 1.71. The topological polar surface area (TPSA) is 88.1 Å². The number of aromatic nitrogens is 3. The van der Waals surface area contributed by atoms with Gasteiger partial charge in [0.25, 0.3) is 0 Å². The average molecular weight is 361 g/mol. The van der Waals surface area contributed by atoms with E-state index in [1.165, 1.54) is 5.56 Å². The first-order chi connectivity index (χ1) is 12.0. The van der Waals surface area contributed by atoms with Crippen molar-refractivity contribution in [2.45, 2.75) is 32.9 Å².